The molecule has 0 radical (unpaired) electrons. The number of benzene rings is 1. The van der Waals surface area contributed by atoms with Gasteiger partial charge in [-0.1, -0.05) is 13.0 Å². The molecule has 88 valence electrons. The quantitative estimate of drug-likeness (QED) is 0.798. The Hall–Kier alpha value is -1.06. The molecule has 0 saturated carbocycles. The fraction of sp³-hybridized carbons (Fsp3) is 0.538. The first-order chi connectivity index (χ1) is 7.74. The Balaban J connectivity index is 2.30. The molecule has 2 atom stereocenters. The van der Waals surface area contributed by atoms with Crippen molar-refractivity contribution in [3.05, 3.63) is 29.3 Å². The van der Waals surface area contributed by atoms with E-state index in [1.165, 1.54) is 5.56 Å². The Morgan fingerprint density at radius 1 is 1.50 bits per heavy atom. The van der Waals surface area contributed by atoms with Crippen LogP contribution in [-0.2, 0) is 6.42 Å². The van der Waals surface area contributed by atoms with Crippen molar-refractivity contribution in [2.45, 2.75) is 31.9 Å². The minimum Gasteiger partial charge on any atom is -0.492 e. The smallest absolute Gasteiger partial charge is 0.125 e. The van der Waals surface area contributed by atoms with Crippen LogP contribution in [0.1, 0.15) is 30.6 Å². The second-order valence-electron chi connectivity index (χ2n) is 4.27. The number of nitrogens with one attached hydrogen (secondary N) is 1. The van der Waals surface area contributed by atoms with E-state index in [1.54, 1.807) is 0 Å². The van der Waals surface area contributed by atoms with Gasteiger partial charge in [-0.3, -0.25) is 0 Å². The van der Waals surface area contributed by atoms with Gasteiger partial charge in [-0.2, -0.15) is 0 Å². The lowest BCUT2D eigenvalue weighted by atomic mass is 10.00. The SMILES string of the molecule is CCc1ccc2c(c1)[C@@H](O)C[C@H](NC)CO2. The van der Waals surface area contributed by atoms with E-state index in [4.69, 9.17) is 4.74 Å². The molecule has 0 saturated heterocycles. The molecule has 1 heterocycles. The first-order valence-electron chi connectivity index (χ1n) is 5.85. The van der Waals surface area contributed by atoms with Crippen LogP contribution in [0.5, 0.6) is 5.75 Å². The van der Waals surface area contributed by atoms with Gasteiger partial charge in [0.2, 0.25) is 0 Å². The van der Waals surface area contributed by atoms with Crippen LogP contribution in [0.2, 0.25) is 0 Å². The highest BCUT2D eigenvalue weighted by molar-refractivity contribution is 5.39. The third-order valence-electron chi connectivity index (χ3n) is 3.20. The lowest BCUT2D eigenvalue weighted by molar-refractivity contribution is 0.153. The standard InChI is InChI=1S/C13H19NO2/c1-3-9-4-5-13-11(6-9)12(15)7-10(14-2)8-16-13/h4-6,10,12,14-15H,3,7-8H2,1-2H3/t10-,12-/m0/s1. The highest BCUT2D eigenvalue weighted by Gasteiger charge is 2.23. The van der Waals surface area contributed by atoms with Gasteiger partial charge >= 0.3 is 0 Å². The summed E-state index contributed by atoms with van der Waals surface area (Å²) in [6.45, 7) is 2.73. The lowest BCUT2D eigenvalue weighted by Crippen LogP contribution is -2.31. The monoisotopic (exact) mass is 221 g/mol. The van der Waals surface area contributed by atoms with E-state index < -0.39 is 6.10 Å². The van der Waals surface area contributed by atoms with Gasteiger partial charge < -0.3 is 15.2 Å². The number of fused-ring (bicyclic) bond motifs is 1. The van der Waals surface area contributed by atoms with Gasteiger partial charge in [-0.25, -0.2) is 0 Å². The zero-order valence-electron chi connectivity index (χ0n) is 9.86. The lowest BCUT2D eigenvalue weighted by Gasteiger charge is -2.14. The summed E-state index contributed by atoms with van der Waals surface area (Å²) in [6.07, 6.45) is 1.26. The second-order valence-corrected chi connectivity index (χ2v) is 4.27. The van der Waals surface area contributed by atoms with Crippen molar-refractivity contribution in [3.8, 4) is 5.75 Å². The van der Waals surface area contributed by atoms with Crippen molar-refractivity contribution in [3.63, 3.8) is 0 Å². The second kappa shape index (κ2) is 4.85. The van der Waals surface area contributed by atoms with Crippen molar-refractivity contribution >= 4 is 0 Å². The predicted octanol–water partition coefficient (Wildman–Crippen LogP) is 1.65. The van der Waals surface area contributed by atoms with Crippen LogP contribution >= 0.6 is 0 Å². The molecule has 1 aliphatic rings. The Labute approximate surface area is 96.4 Å². The molecule has 0 aromatic heterocycles. The van der Waals surface area contributed by atoms with Crippen LogP contribution in [0.3, 0.4) is 0 Å². The fourth-order valence-electron chi connectivity index (χ4n) is 2.07. The van der Waals surface area contributed by atoms with Gasteiger partial charge in [0.1, 0.15) is 12.4 Å². The molecule has 0 spiro atoms. The third-order valence-corrected chi connectivity index (χ3v) is 3.20. The summed E-state index contributed by atoms with van der Waals surface area (Å²) < 4.78 is 5.70. The number of likely N-dealkylation sites (N-methyl/N-ethyl adjacent to an activating group) is 1. The van der Waals surface area contributed by atoms with Crippen molar-refractivity contribution in [1.82, 2.24) is 5.32 Å². The fourth-order valence-corrected chi connectivity index (χ4v) is 2.07. The van der Waals surface area contributed by atoms with E-state index in [-0.39, 0.29) is 6.04 Å². The molecule has 0 unspecified atom stereocenters. The predicted molar refractivity (Wildman–Crippen MR) is 63.7 cm³/mol. The maximum Gasteiger partial charge on any atom is 0.125 e. The first-order valence-corrected chi connectivity index (χ1v) is 5.85. The molecule has 0 fully saturated rings. The number of rotatable bonds is 2. The molecule has 16 heavy (non-hydrogen) atoms. The summed E-state index contributed by atoms with van der Waals surface area (Å²) in [7, 11) is 1.90. The van der Waals surface area contributed by atoms with Gasteiger partial charge in [-0.05, 0) is 37.6 Å². The summed E-state index contributed by atoms with van der Waals surface area (Å²) in [5.74, 6) is 0.822. The summed E-state index contributed by atoms with van der Waals surface area (Å²) in [5, 5.41) is 13.3. The number of ether oxygens (including phenoxy) is 1. The summed E-state index contributed by atoms with van der Waals surface area (Å²) in [4.78, 5) is 0. The van der Waals surface area contributed by atoms with E-state index in [0.29, 0.717) is 13.0 Å². The molecular formula is C13H19NO2. The Morgan fingerprint density at radius 2 is 2.31 bits per heavy atom. The van der Waals surface area contributed by atoms with E-state index in [2.05, 4.69) is 24.4 Å². The van der Waals surface area contributed by atoms with Crippen molar-refractivity contribution in [2.75, 3.05) is 13.7 Å². The van der Waals surface area contributed by atoms with E-state index >= 15 is 0 Å². The Bertz CT molecular complexity index is 365. The molecule has 1 aliphatic heterocycles. The minimum atomic E-state index is -0.429. The average Bonchev–Trinajstić information content (AvgIpc) is 2.48. The molecule has 0 amide bonds. The number of hydrogen-bond donors (Lipinski definition) is 2. The van der Waals surface area contributed by atoms with Crippen LogP contribution < -0.4 is 10.1 Å². The molecule has 2 N–H and O–H groups in total. The maximum absolute atomic E-state index is 10.1. The van der Waals surface area contributed by atoms with Gasteiger partial charge in [-0.15, -0.1) is 0 Å². The number of aliphatic hydroxyl groups excluding tert-OH is 1. The van der Waals surface area contributed by atoms with Crippen LogP contribution in [0, 0.1) is 0 Å². The van der Waals surface area contributed by atoms with Gasteiger partial charge in [0, 0.05) is 11.6 Å². The van der Waals surface area contributed by atoms with E-state index in [0.717, 1.165) is 17.7 Å². The zero-order chi connectivity index (χ0) is 11.5. The number of aryl methyl sites for hydroxylation is 1. The molecular weight excluding hydrogens is 202 g/mol. The maximum atomic E-state index is 10.1. The van der Waals surface area contributed by atoms with Crippen LogP contribution in [-0.4, -0.2) is 24.8 Å². The topological polar surface area (TPSA) is 41.5 Å². The van der Waals surface area contributed by atoms with Crippen molar-refractivity contribution in [1.29, 1.82) is 0 Å². The largest absolute Gasteiger partial charge is 0.492 e. The molecule has 1 aromatic carbocycles. The highest BCUT2D eigenvalue weighted by Crippen LogP contribution is 2.32. The molecule has 2 rings (SSSR count). The first kappa shape index (κ1) is 11.4. The third kappa shape index (κ3) is 2.20. The average molecular weight is 221 g/mol. The summed E-state index contributed by atoms with van der Waals surface area (Å²) in [6, 6.07) is 6.30. The molecule has 3 heteroatoms. The van der Waals surface area contributed by atoms with Crippen LogP contribution in [0.4, 0.5) is 0 Å². The van der Waals surface area contributed by atoms with Gasteiger partial charge in [0.25, 0.3) is 0 Å². The normalized spacial score (nSPS) is 24.4. The van der Waals surface area contributed by atoms with E-state index in [9.17, 15) is 5.11 Å². The molecule has 0 aliphatic carbocycles. The molecule has 3 nitrogen and oxygen atoms in total. The van der Waals surface area contributed by atoms with E-state index in [1.807, 2.05) is 13.1 Å². The summed E-state index contributed by atoms with van der Waals surface area (Å²) >= 11 is 0. The number of aliphatic hydroxyl groups is 1. The van der Waals surface area contributed by atoms with Crippen LogP contribution in [0.25, 0.3) is 0 Å². The van der Waals surface area contributed by atoms with Gasteiger partial charge in [0.15, 0.2) is 0 Å². The highest BCUT2D eigenvalue weighted by atomic mass is 16.5. The molecule has 1 aromatic rings. The van der Waals surface area contributed by atoms with Crippen LogP contribution in [0.15, 0.2) is 18.2 Å². The molecule has 0 bridgehead atoms. The Morgan fingerprint density at radius 3 is 3.00 bits per heavy atom. The van der Waals surface area contributed by atoms with Crippen molar-refractivity contribution in [2.24, 2.45) is 0 Å². The number of hydrogen-bond acceptors (Lipinski definition) is 3. The van der Waals surface area contributed by atoms with Gasteiger partial charge in [0.05, 0.1) is 6.10 Å². The minimum absolute atomic E-state index is 0.215. The summed E-state index contributed by atoms with van der Waals surface area (Å²) in [5.41, 5.74) is 2.17. The Kier molecular flexibility index (Phi) is 3.46. The zero-order valence-corrected chi connectivity index (χ0v) is 9.86. The van der Waals surface area contributed by atoms with Crippen molar-refractivity contribution < 1.29 is 9.84 Å².